The first-order chi connectivity index (χ1) is 13.1. The van der Waals surface area contributed by atoms with Crippen LogP contribution in [0.3, 0.4) is 0 Å². The molecule has 2 nitrogen and oxygen atoms in total. The summed E-state index contributed by atoms with van der Waals surface area (Å²) in [6, 6.07) is 3.36. The van der Waals surface area contributed by atoms with Gasteiger partial charge in [-0.25, -0.2) is 4.39 Å². The number of rotatable bonds is 7. The minimum absolute atomic E-state index is 0.0493. The van der Waals surface area contributed by atoms with Gasteiger partial charge in [0.2, 0.25) is 5.82 Å². The molecule has 0 radical (unpaired) electrons. The van der Waals surface area contributed by atoms with Crippen LogP contribution in [0, 0.1) is 23.5 Å². The summed E-state index contributed by atoms with van der Waals surface area (Å²) < 4.78 is 39.9. The Morgan fingerprint density at radius 1 is 0.889 bits per heavy atom. The van der Waals surface area contributed by atoms with Crippen LogP contribution in [0.1, 0.15) is 82.6 Å². The molecular formula is C23H34F2O2. The summed E-state index contributed by atoms with van der Waals surface area (Å²) in [5.41, 5.74) is 0.539. The standard InChI is InChI=1S/C23H34F2O2/c1-3-4-15-27-21-14-13-20(22(24)23(21)25)18-7-5-16(6-8-18)17-9-11-19(26-2)12-10-17/h13-14,16-19H,3-12,15H2,1-2H3. The number of benzene rings is 1. The quantitative estimate of drug-likeness (QED) is 0.495. The monoisotopic (exact) mass is 380 g/mol. The second-order valence-corrected chi connectivity index (χ2v) is 8.37. The Hall–Kier alpha value is -1.16. The van der Waals surface area contributed by atoms with Gasteiger partial charge in [-0.2, -0.15) is 4.39 Å². The SMILES string of the molecule is CCCCOc1ccc(C2CCC(C3CCC(OC)CC3)CC2)c(F)c1F. The van der Waals surface area contributed by atoms with E-state index in [0.717, 1.165) is 50.4 Å². The van der Waals surface area contributed by atoms with Crippen molar-refractivity contribution in [1.29, 1.82) is 0 Å². The third-order valence-corrected chi connectivity index (χ3v) is 6.76. The molecule has 0 aliphatic heterocycles. The number of unbranched alkanes of at least 4 members (excludes halogenated alkanes) is 1. The lowest BCUT2D eigenvalue weighted by atomic mass is 9.69. The van der Waals surface area contributed by atoms with Crippen LogP contribution in [-0.4, -0.2) is 19.8 Å². The molecule has 1 aromatic rings. The lowest BCUT2D eigenvalue weighted by Gasteiger charge is -2.37. The molecular weight excluding hydrogens is 346 g/mol. The fraction of sp³-hybridized carbons (Fsp3) is 0.739. The van der Waals surface area contributed by atoms with Gasteiger partial charge >= 0.3 is 0 Å². The molecule has 152 valence electrons. The fourth-order valence-corrected chi connectivity index (χ4v) is 5.00. The topological polar surface area (TPSA) is 18.5 Å². The zero-order valence-electron chi connectivity index (χ0n) is 16.8. The van der Waals surface area contributed by atoms with Gasteiger partial charge in [-0.1, -0.05) is 19.4 Å². The molecule has 2 fully saturated rings. The van der Waals surface area contributed by atoms with E-state index in [-0.39, 0.29) is 11.7 Å². The predicted molar refractivity (Wildman–Crippen MR) is 104 cm³/mol. The van der Waals surface area contributed by atoms with Gasteiger partial charge in [0.05, 0.1) is 12.7 Å². The zero-order valence-corrected chi connectivity index (χ0v) is 16.8. The van der Waals surface area contributed by atoms with Crippen molar-refractivity contribution in [3.63, 3.8) is 0 Å². The number of methoxy groups -OCH3 is 1. The molecule has 0 amide bonds. The molecule has 0 atom stereocenters. The van der Waals surface area contributed by atoms with Crippen molar-refractivity contribution in [3.05, 3.63) is 29.3 Å². The van der Waals surface area contributed by atoms with E-state index in [9.17, 15) is 8.78 Å². The van der Waals surface area contributed by atoms with Crippen molar-refractivity contribution in [2.75, 3.05) is 13.7 Å². The Morgan fingerprint density at radius 2 is 1.52 bits per heavy atom. The van der Waals surface area contributed by atoms with Crippen molar-refractivity contribution in [2.24, 2.45) is 11.8 Å². The maximum Gasteiger partial charge on any atom is 0.200 e. The van der Waals surface area contributed by atoms with Crippen molar-refractivity contribution in [1.82, 2.24) is 0 Å². The third-order valence-electron chi connectivity index (χ3n) is 6.76. The minimum atomic E-state index is -0.816. The summed E-state index contributed by atoms with van der Waals surface area (Å²) >= 11 is 0. The maximum atomic E-state index is 14.6. The van der Waals surface area contributed by atoms with Gasteiger partial charge in [-0.05, 0) is 87.2 Å². The molecule has 0 saturated heterocycles. The number of hydrogen-bond donors (Lipinski definition) is 0. The molecule has 4 heteroatoms. The summed E-state index contributed by atoms with van der Waals surface area (Å²) in [7, 11) is 1.81. The summed E-state index contributed by atoms with van der Waals surface area (Å²) in [5.74, 6) is 0.192. The normalized spacial score (nSPS) is 28.9. The smallest absolute Gasteiger partial charge is 0.200 e. The van der Waals surface area contributed by atoms with E-state index >= 15 is 0 Å². The predicted octanol–water partition coefficient (Wildman–Crippen LogP) is 6.62. The highest BCUT2D eigenvalue weighted by Gasteiger charge is 2.32. The lowest BCUT2D eigenvalue weighted by molar-refractivity contribution is 0.0410. The third kappa shape index (κ3) is 5.01. The number of hydrogen-bond acceptors (Lipinski definition) is 2. The van der Waals surface area contributed by atoms with Gasteiger partial charge in [-0.15, -0.1) is 0 Å². The first kappa shape index (κ1) is 20.6. The van der Waals surface area contributed by atoms with Gasteiger partial charge in [0.25, 0.3) is 0 Å². The van der Waals surface area contributed by atoms with Crippen LogP contribution in [0.25, 0.3) is 0 Å². The van der Waals surface area contributed by atoms with Crippen LogP contribution in [0.5, 0.6) is 5.75 Å². The molecule has 0 heterocycles. The van der Waals surface area contributed by atoms with E-state index in [4.69, 9.17) is 9.47 Å². The second-order valence-electron chi connectivity index (χ2n) is 8.37. The van der Waals surface area contributed by atoms with Gasteiger partial charge in [-0.3, -0.25) is 0 Å². The summed E-state index contributed by atoms with van der Waals surface area (Å²) in [4.78, 5) is 0. The Labute approximate surface area is 162 Å². The largest absolute Gasteiger partial charge is 0.490 e. The second kappa shape index (κ2) is 9.86. The zero-order chi connectivity index (χ0) is 19.2. The van der Waals surface area contributed by atoms with E-state index in [1.807, 2.05) is 14.0 Å². The molecule has 0 bridgehead atoms. The van der Waals surface area contributed by atoms with Crippen LogP contribution < -0.4 is 4.74 Å². The summed E-state index contributed by atoms with van der Waals surface area (Å²) in [6.45, 7) is 2.48. The molecule has 1 aromatic carbocycles. The molecule has 0 unspecified atom stereocenters. The Morgan fingerprint density at radius 3 is 2.11 bits per heavy atom. The van der Waals surface area contributed by atoms with Crippen molar-refractivity contribution >= 4 is 0 Å². The highest BCUT2D eigenvalue weighted by Crippen LogP contribution is 2.44. The lowest BCUT2D eigenvalue weighted by Crippen LogP contribution is -2.28. The Balaban J connectivity index is 1.55. The van der Waals surface area contributed by atoms with Crippen molar-refractivity contribution in [3.8, 4) is 5.75 Å². The van der Waals surface area contributed by atoms with Gasteiger partial charge in [0.1, 0.15) is 0 Å². The molecule has 27 heavy (non-hydrogen) atoms. The van der Waals surface area contributed by atoms with Crippen LogP contribution in [0.4, 0.5) is 8.78 Å². The molecule has 2 saturated carbocycles. The highest BCUT2D eigenvalue weighted by atomic mass is 19.2. The van der Waals surface area contributed by atoms with Crippen LogP contribution >= 0.6 is 0 Å². The Bertz CT molecular complexity index is 588. The number of halogens is 2. The van der Waals surface area contributed by atoms with E-state index in [1.54, 1.807) is 12.1 Å². The van der Waals surface area contributed by atoms with Crippen LogP contribution in [-0.2, 0) is 4.74 Å². The average Bonchev–Trinajstić information content (AvgIpc) is 2.72. The van der Waals surface area contributed by atoms with Gasteiger partial charge in [0.15, 0.2) is 11.6 Å². The first-order valence-electron chi connectivity index (χ1n) is 10.8. The highest BCUT2D eigenvalue weighted by molar-refractivity contribution is 5.33. The Kier molecular flexibility index (Phi) is 7.51. The summed E-state index contributed by atoms with van der Waals surface area (Å²) in [5, 5.41) is 0. The molecule has 2 aliphatic rings. The van der Waals surface area contributed by atoms with Crippen molar-refractivity contribution < 1.29 is 18.3 Å². The van der Waals surface area contributed by atoms with E-state index < -0.39 is 11.6 Å². The molecule has 0 spiro atoms. The molecule has 3 rings (SSSR count). The van der Waals surface area contributed by atoms with E-state index in [2.05, 4.69) is 0 Å². The average molecular weight is 381 g/mol. The van der Waals surface area contributed by atoms with Gasteiger partial charge in [0, 0.05) is 7.11 Å². The molecule has 0 aromatic heterocycles. The first-order valence-corrected chi connectivity index (χ1v) is 10.8. The van der Waals surface area contributed by atoms with E-state index in [1.165, 1.54) is 25.7 Å². The molecule has 0 N–H and O–H groups in total. The van der Waals surface area contributed by atoms with E-state index in [0.29, 0.717) is 18.3 Å². The molecule has 2 aliphatic carbocycles. The fourth-order valence-electron chi connectivity index (χ4n) is 5.00. The van der Waals surface area contributed by atoms with Crippen LogP contribution in [0.2, 0.25) is 0 Å². The van der Waals surface area contributed by atoms with Crippen molar-refractivity contribution in [2.45, 2.75) is 83.2 Å². The minimum Gasteiger partial charge on any atom is -0.490 e. The van der Waals surface area contributed by atoms with Crippen LogP contribution in [0.15, 0.2) is 12.1 Å². The summed E-state index contributed by atoms with van der Waals surface area (Å²) in [6.07, 6.45) is 11.3. The maximum absolute atomic E-state index is 14.6. The van der Waals surface area contributed by atoms with Gasteiger partial charge < -0.3 is 9.47 Å². The number of ether oxygens (including phenoxy) is 2.